The van der Waals surface area contributed by atoms with Crippen LogP contribution in [-0.2, 0) is 27.4 Å². The van der Waals surface area contributed by atoms with Gasteiger partial charge >= 0.3 is 6.18 Å². The van der Waals surface area contributed by atoms with Crippen LogP contribution >= 0.6 is 11.3 Å². The summed E-state index contributed by atoms with van der Waals surface area (Å²) in [7, 11) is -4.11. The Morgan fingerprint density at radius 1 is 1.15 bits per heavy atom. The van der Waals surface area contributed by atoms with Crippen LogP contribution in [0, 0.1) is 6.92 Å². The second-order valence-corrected chi connectivity index (χ2v) is 10.4. The molecule has 3 heterocycles. The number of benzene rings is 1. The van der Waals surface area contributed by atoms with E-state index < -0.39 is 26.7 Å². The lowest BCUT2D eigenvalue weighted by atomic mass is 10.2. The maximum atomic E-state index is 13.0. The molecule has 0 radical (unpaired) electrons. The first-order valence-electron chi connectivity index (χ1n) is 10.0. The molecule has 33 heavy (non-hydrogen) atoms. The molecule has 1 aromatic carbocycles. The minimum atomic E-state index is -4.64. The number of carbonyl (C=O) groups excluding carboxylic acids is 1. The lowest BCUT2D eigenvalue weighted by molar-refractivity contribution is -0.137. The van der Waals surface area contributed by atoms with E-state index in [0.29, 0.717) is 23.4 Å². The van der Waals surface area contributed by atoms with Gasteiger partial charge in [-0.15, -0.1) is 11.3 Å². The molecular weight excluding hydrogens is 479 g/mol. The lowest BCUT2D eigenvalue weighted by Crippen LogP contribution is -2.50. The number of hydrogen-bond donors (Lipinski definition) is 0. The molecule has 0 spiro atoms. The molecule has 1 fully saturated rings. The minimum absolute atomic E-state index is 0.0113. The van der Waals surface area contributed by atoms with Crippen LogP contribution < -0.4 is 0 Å². The van der Waals surface area contributed by atoms with E-state index in [-0.39, 0.29) is 38.5 Å². The zero-order valence-electron chi connectivity index (χ0n) is 17.5. The van der Waals surface area contributed by atoms with Crippen molar-refractivity contribution in [1.29, 1.82) is 0 Å². The smallest absolute Gasteiger partial charge is 0.416 e. The van der Waals surface area contributed by atoms with Crippen molar-refractivity contribution >= 4 is 27.3 Å². The van der Waals surface area contributed by atoms with E-state index in [2.05, 4.69) is 4.98 Å². The van der Waals surface area contributed by atoms with Crippen molar-refractivity contribution in [3.8, 4) is 10.8 Å². The van der Waals surface area contributed by atoms with E-state index in [4.69, 9.17) is 4.42 Å². The van der Waals surface area contributed by atoms with Gasteiger partial charge in [-0.2, -0.15) is 17.5 Å². The first kappa shape index (κ1) is 23.5. The third-order valence-corrected chi connectivity index (χ3v) is 8.09. The first-order chi connectivity index (χ1) is 15.6. The zero-order chi connectivity index (χ0) is 23.8. The molecule has 3 aromatic rings. The number of amides is 1. The average molecular weight is 500 g/mol. The summed E-state index contributed by atoms with van der Waals surface area (Å²) < 4.78 is 71.3. The van der Waals surface area contributed by atoms with Crippen molar-refractivity contribution in [2.45, 2.75) is 24.4 Å². The molecular formula is C21H20F3N3O4S2. The highest BCUT2D eigenvalue weighted by Gasteiger charge is 2.34. The molecule has 1 aliphatic rings. The van der Waals surface area contributed by atoms with E-state index in [1.54, 1.807) is 6.92 Å². The number of oxazole rings is 1. The molecule has 0 N–H and O–H groups in total. The van der Waals surface area contributed by atoms with Crippen molar-refractivity contribution in [3.05, 3.63) is 58.8 Å². The van der Waals surface area contributed by atoms with Crippen molar-refractivity contribution < 1.29 is 30.8 Å². The van der Waals surface area contributed by atoms with Gasteiger partial charge in [0.25, 0.3) is 0 Å². The van der Waals surface area contributed by atoms with E-state index >= 15 is 0 Å². The number of alkyl halides is 3. The van der Waals surface area contributed by atoms with Crippen LogP contribution in [0.1, 0.15) is 17.0 Å². The van der Waals surface area contributed by atoms with Gasteiger partial charge in [-0.1, -0.05) is 12.1 Å². The molecule has 4 rings (SSSR count). The van der Waals surface area contributed by atoms with Gasteiger partial charge in [0.2, 0.25) is 21.8 Å². The van der Waals surface area contributed by atoms with Crippen LogP contribution in [0.2, 0.25) is 0 Å². The number of aryl methyl sites for hydroxylation is 1. The Bertz CT molecular complexity index is 1250. The fraction of sp³-hybridized carbons (Fsp3) is 0.333. The minimum Gasteiger partial charge on any atom is -0.440 e. The Morgan fingerprint density at radius 2 is 1.88 bits per heavy atom. The number of carbonyl (C=O) groups is 1. The molecule has 0 atom stereocenters. The number of halogens is 3. The molecule has 1 amide bonds. The Labute approximate surface area is 192 Å². The van der Waals surface area contributed by atoms with Crippen LogP contribution in [0.3, 0.4) is 0 Å². The van der Waals surface area contributed by atoms with E-state index in [0.717, 1.165) is 27.4 Å². The summed E-state index contributed by atoms with van der Waals surface area (Å²) in [5.74, 6) is 0.764. The van der Waals surface area contributed by atoms with Gasteiger partial charge in [-0.3, -0.25) is 4.79 Å². The van der Waals surface area contributed by atoms with Crippen molar-refractivity contribution in [2.24, 2.45) is 0 Å². The number of nitrogens with zero attached hydrogens (tertiary/aromatic N) is 3. The number of thiophene rings is 1. The number of rotatable bonds is 5. The predicted molar refractivity (Wildman–Crippen MR) is 115 cm³/mol. The largest absolute Gasteiger partial charge is 0.440 e. The van der Waals surface area contributed by atoms with Crippen LogP contribution in [0.4, 0.5) is 13.2 Å². The highest BCUT2D eigenvalue weighted by Crippen LogP contribution is 2.31. The molecule has 7 nitrogen and oxygen atoms in total. The Balaban J connectivity index is 1.40. The molecule has 0 aliphatic carbocycles. The maximum Gasteiger partial charge on any atom is 0.416 e. The summed E-state index contributed by atoms with van der Waals surface area (Å²) in [4.78, 5) is 19.1. The number of piperazine rings is 1. The lowest BCUT2D eigenvalue weighted by Gasteiger charge is -2.34. The van der Waals surface area contributed by atoms with Crippen LogP contribution in [0.15, 0.2) is 51.1 Å². The second-order valence-electron chi connectivity index (χ2n) is 7.49. The molecule has 0 bridgehead atoms. The monoisotopic (exact) mass is 499 g/mol. The van der Waals surface area contributed by atoms with Crippen molar-refractivity contribution in [1.82, 2.24) is 14.2 Å². The Hall–Kier alpha value is -2.70. The number of hydrogen-bond acceptors (Lipinski definition) is 6. The average Bonchev–Trinajstić information content (AvgIpc) is 3.44. The van der Waals surface area contributed by atoms with Crippen LogP contribution in [0.25, 0.3) is 10.8 Å². The van der Waals surface area contributed by atoms with Gasteiger partial charge < -0.3 is 9.32 Å². The summed E-state index contributed by atoms with van der Waals surface area (Å²) in [6.07, 6.45) is -4.62. The van der Waals surface area contributed by atoms with Gasteiger partial charge in [-0.05, 0) is 36.6 Å². The predicted octanol–water partition coefficient (Wildman–Crippen LogP) is 3.81. The summed E-state index contributed by atoms with van der Waals surface area (Å²) >= 11 is 1.47. The first-order valence-corrected chi connectivity index (χ1v) is 12.3. The highest BCUT2D eigenvalue weighted by molar-refractivity contribution is 7.89. The van der Waals surface area contributed by atoms with Crippen molar-refractivity contribution in [3.63, 3.8) is 0 Å². The van der Waals surface area contributed by atoms with Gasteiger partial charge in [0.05, 0.1) is 27.5 Å². The van der Waals surface area contributed by atoms with Gasteiger partial charge in [-0.25, -0.2) is 13.4 Å². The topological polar surface area (TPSA) is 83.7 Å². The fourth-order valence-electron chi connectivity index (χ4n) is 3.51. The highest BCUT2D eigenvalue weighted by atomic mass is 32.2. The van der Waals surface area contributed by atoms with E-state index in [1.165, 1.54) is 16.2 Å². The Morgan fingerprint density at radius 3 is 2.52 bits per heavy atom. The summed E-state index contributed by atoms with van der Waals surface area (Å²) in [6.45, 7) is 1.97. The SMILES string of the molecule is Cc1oc(-c2cccs2)nc1CC(=O)N1CCN(S(=O)(=O)c2cccc(C(F)(F)F)c2)CC1. The Kier molecular flexibility index (Phi) is 6.34. The quantitative estimate of drug-likeness (QED) is 0.533. The summed E-state index contributed by atoms with van der Waals surface area (Å²) in [5.41, 5.74) is -0.510. The summed E-state index contributed by atoms with van der Waals surface area (Å²) in [5, 5.41) is 1.90. The number of aromatic nitrogens is 1. The number of sulfonamides is 1. The molecule has 0 unspecified atom stereocenters. The van der Waals surface area contributed by atoms with Crippen LogP contribution in [-0.4, -0.2) is 54.7 Å². The molecule has 12 heteroatoms. The van der Waals surface area contributed by atoms with E-state index in [9.17, 15) is 26.4 Å². The standard InChI is InChI=1S/C21H20F3N3O4S2/c1-14-17(25-20(31-14)18-6-3-11-32-18)13-19(28)26-7-9-27(10-8-26)33(29,30)16-5-2-4-15(12-16)21(22,23)24/h2-6,11-12H,7-10,13H2,1H3. The molecule has 1 saturated heterocycles. The van der Waals surface area contributed by atoms with Gasteiger partial charge in [0.15, 0.2) is 0 Å². The molecule has 1 aliphatic heterocycles. The third kappa shape index (κ3) is 4.97. The van der Waals surface area contributed by atoms with E-state index in [1.807, 2.05) is 17.5 Å². The summed E-state index contributed by atoms with van der Waals surface area (Å²) in [6, 6.07) is 7.40. The fourth-order valence-corrected chi connectivity index (χ4v) is 5.63. The maximum absolute atomic E-state index is 13.0. The molecule has 0 saturated carbocycles. The van der Waals surface area contributed by atoms with Crippen molar-refractivity contribution in [2.75, 3.05) is 26.2 Å². The molecule has 176 valence electrons. The van der Waals surface area contributed by atoms with Crippen LogP contribution in [0.5, 0.6) is 0 Å². The third-order valence-electron chi connectivity index (χ3n) is 5.33. The van der Waals surface area contributed by atoms with Gasteiger partial charge in [0, 0.05) is 26.2 Å². The zero-order valence-corrected chi connectivity index (χ0v) is 19.1. The molecule has 2 aromatic heterocycles. The second kappa shape index (κ2) is 8.92. The normalized spacial score (nSPS) is 15.7. The van der Waals surface area contributed by atoms with Gasteiger partial charge in [0.1, 0.15) is 5.76 Å².